The first-order valence-electron chi connectivity index (χ1n) is 11.7. The van der Waals surface area contributed by atoms with Gasteiger partial charge in [-0.3, -0.25) is 13.8 Å². The molecule has 1 N–H and O–H groups in total. The lowest BCUT2D eigenvalue weighted by Gasteiger charge is -2.34. The number of halogens is 3. The summed E-state index contributed by atoms with van der Waals surface area (Å²) < 4.78 is 40.6. The van der Waals surface area contributed by atoms with Gasteiger partial charge in [0, 0.05) is 69.6 Å². The van der Waals surface area contributed by atoms with E-state index in [0.717, 1.165) is 30.5 Å². The van der Waals surface area contributed by atoms with Gasteiger partial charge in [-0.15, -0.1) is 0 Å². The van der Waals surface area contributed by atoms with Gasteiger partial charge in [0.25, 0.3) is 0 Å². The van der Waals surface area contributed by atoms with Crippen LogP contribution in [0.15, 0.2) is 47.4 Å². The molecule has 1 saturated heterocycles. The van der Waals surface area contributed by atoms with Crippen LogP contribution in [0.4, 0.5) is 8.78 Å². The molecule has 3 aliphatic rings. The molecule has 6 nitrogen and oxygen atoms in total. The van der Waals surface area contributed by atoms with Crippen LogP contribution in [0.25, 0.3) is 0 Å². The van der Waals surface area contributed by atoms with E-state index in [-0.39, 0.29) is 17.4 Å². The average Bonchev–Trinajstić information content (AvgIpc) is 3.37. The van der Waals surface area contributed by atoms with Gasteiger partial charge in [0.1, 0.15) is 16.4 Å². The van der Waals surface area contributed by atoms with E-state index in [1.54, 1.807) is 34.1 Å². The van der Waals surface area contributed by atoms with Crippen molar-refractivity contribution in [2.45, 2.75) is 36.3 Å². The van der Waals surface area contributed by atoms with Crippen LogP contribution in [0.1, 0.15) is 32.3 Å². The van der Waals surface area contributed by atoms with Gasteiger partial charge in [0.2, 0.25) is 12.3 Å². The summed E-state index contributed by atoms with van der Waals surface area (Å²) in [6.45, 7) is 6.52. The van der Waals surface area contributed by atoms with Crippen LogP contribution in [0.2, 0.25) is 5.02 Å². The van der Waals surface area contributed by atoms with Gasteiger partial charge in [-0.05, 0) is 54.8 Å². The molecule has 0 spiro atoms. The van der Waals surface area contributed by atoms with E-state index in [9.17, 15) is 22.6 Å². The first kappa shape index (κ1) is 28.1. The summed E-state index contributed by atoms with van der Waals surface area (Å²) in [7, 11) is -1.52. The maximum Gasteiger partial charge on any atom is 0.222 e. The van der Waals surface area contributed by atoms with Crippen LogP contribution in [-0.2, 0) is 23.9 Å². The molecule has 36 heavy (non-hydrogen) atoms. The largest absolute Gasteiger partial charge is 0.400 e. The van der Waals surface area contributed by atoms with Crippen LogP contribution >= 0.6 is 11.6 Å². The monoisotopic (exact) mass is 540 g/mol. The number of hydrogen-bond donors (Lipinski definition) is 1. The molecule has 0 aromatic heterocycles. The molecule has 2 heterocycles. The Morgan fingerprint density at radius 1 is 1.14 bits per heavy atom. The number of aliphatic hydroxyl groups is 1. The zero-order valence-electron chi connectivity index (χ0n) is 20.5. The van der Waals surface area contributed by atoms with Crippen molar-refractivity contribution in [3.8, 4) is 0 Å². The molecule has 5 rings (SSSR count). The minimum absolute atomic E-state index is 0.0296. The van der Waals surface area contributed by atoms with E-state index in [1.165, 1.54) is 6.07 Å². The van der Waals surface area contributed by atoms with Gasteiger partial charge in [0.05, 0.1) is 0 Å². The van der Waals surface area contributed by atoms with Crippen molar-refractivity contribution in [1.82, 2.24) is 9.80 Å². The van der Waals surface area contributed by atoms with Crippen molar-refractivity contribution < 1.29 is 27.7 Å². The highest BCUT2D eigenvalue weighted by atomic mass is 35.5. The maximum absolute atomic E-state index is 14.3. The van der Waals surface area contributed by atoms with E-state index in [0.29, 0.717) is 48.9 Å². The van der Waals surface area contributed by atoms with Crippen LogP contribution in [0.5, 0.6) is 0 Å². The molecule has 2 fully saturated rings. The molecular weight excluding hydrogens is 510 g/mol. The number of benzene rings is 2. The zero-order valence-corrected chi connectivity index (χ0v) is 22.1. The first-order chi connectivity index (χ1) is 17.2. The minimum Gasteiger partial charge on any atom is -0.400 e. The third-order valence-electron chi connectivity index (χ3n) is 6.95. The molecule has 10 heteroatoms. The van der Waals surface area contributed by atoms with E-state index in [1.807, 2.05) is 13.8 Å². The zero-order chi connectivity index (χ0) is 26.7. The topological polar surface area (TPSA) is 77.9 Å². The average molecular weight is 541 g/mol. The standard InChI is InChI=1S/C17H13ClF2OS.C8H14N2O2.CH4O/c1-10-8-16-17(10,14-9-12(19)4-7-15(14)20)22(16,21)13-5-2-11(18)3-6-13;1-2-8(12)10-5-3-9(7-11)4-6-10;1-2/h2-7,9-10H,8H2,1H3;7H,2-6H2,1H3;2H,1H3. The molecule has 3 unspecified atom stereocenters. The van der Waals surface area contributed by atoms with E-state index in [4.69, 9.17) is 16.7 Å². The van der Waals surface area contributed by atoms with Gasteiger partial charge in [-0.25, -0.2) is 8.78 Å². The maximum atomic E-state index is 14.3. The van der Waals surface area contributed by atoms with Crippen molar-refractivity contribution in [2.24, 2.45) is 5.92 Å². The Bertz CT molecular complexity index is 1240. The lowest BCUT2D eigenvalue weighted by molar-refractivity contribution is -0.134. The number of rotatable bonds is 4. The molecule has 196 valence electrons. The third-order valence-corrected chi connectivity index (χ3v) is 10.9. The van der Waals surface area contributed by atoms with Crippen LogP contribution in [0, 0.1) is 17.6 Å². The SMILES string of the molecule is CC1CC2=S(=O)(c3ccc(Cl)cc3)C21c1cc(F)ccc1F.CCC(=O)N1CCN(C=O)CC1.CO. The fourth-order valence-corrected chi connectivity index (χ4v) is 9.37. The number of carbonyl (C=O) groups is 2. The summed E-state index contributed by atoms with van der Waals surface area (Å²) in [4.78, 5) is 26.5. The Labute approximate surface area is 215 Å². The van der Waals surface area contributed by atoms with Crippen molar-refractivity contribution >= 4 is 38.3 Å². The van der Waals surface area contributed by atoms with E-state index >= 15 is 0 Å². The molecule has 1 saturated carbocycles. The Kier molecular flexibility index (Phi) is 8.80. The fourth-order valence-electron chi connectivity index (χ4n) is 5.10. The number of carbonyl (C=O) groups excluding carboxylic acids is 2. The quantitative estimate of drug-likeness (QED) is 0.474. The molecule has 0 radical (unpaired) electrons. The normalized spacial score (nSPS) is 25.9. The highest BCUT2D eigenvalue weighted by Crippen LogP contribution is 2.66. The Balaban J connectivity index is 0.000000220. The number of piperazine rings is 1. The molecule has 3 atom stereocenters. The Morgan fingerprint density at radius 3 is 2.28 bits per heavy atom. The van der Waals surface area contributed by atoms with Gasteiger partial charge in [0.15, 0.2) is 0 Å². The Hall–Kier alpha value is -2.49. The molecule has 1 aliphatic carbocycles. The highest BCUT2D eigenvalue weighted by molar-refractivity contribution is 8.13. The fraction of sp³-hybridized carbons (Fsp3) is 0.423. The van der Waals surface area contributed by atoms with Crippen molar-refractivity contribution in [2.75, 3.05) is 33.3 Å². The molecule has 2 aromatic carbocycles. The first-order valence-corrected chi connectivity index (χ1v) is 13.7. The van der Waals surface area contributed by atoms with Crippen LogP contribution in [0.3, 0.4) is 0 Å². The van der Waals surface area contributed by atoms with Gasteiger partial charge in [-0.1, -0.05) is 25.4 Å². The lowest BCUT2D eigenvalue weighted by Crippen LogP contribution is -2.47. The summed E-state index contributed by atoms with van der Waals surface area (Å²) in [6.07, 6.45) is 2.09. The summed E-state index contributed by atoms with van der Waals surface area (Å²) in [6, 6.07) is 10.2. The third kappa shape index (κ3) is 4.64. The minimum atomic E-state index is -2.52. The highest BCUT2D eigenvalue weighted by Gasteiger charge is 2.72. The summed E-state index contributed by atoms with van der Waals surface area (Å²) in [5.41, 5.74) is 0.223. The van der Waals surface area contributed by atoms with Crippen molar-refractivity contribution in [3.63, 3.8) is 0 Å². The number of nitrogens with zero attached hydrogens (tertiary/aromatic N) is 2. The predicted octanol–water partition coefficient (Wildman–Crippen LogP) is 3.69. The number of aliphatic hydroxyl groups excluding tert-OH is 1. The molecule has 2 aromatic rings. The van der Waals surface area contributed by atoms with Gasteiger partial charge < -0.3 is 14.9 Å². The predicted molar refractivity (Wildman–Crippen MR) is 137 cm³/mol. The van der Waals surface area contributed by atoms with E-state index < -0.39 is 25.9 Å². The van der Waals surface area contributed by atoms with Gasteiger partial charge in [-0.2, -0.15) is 0 Å². The summed E-state index contributed by atoms with van der Waals surface area (Å²) in [5, 5.41) is 7.56. The number of fused-ring (bicyclic) bond motifs is 1. The smallest absolute Gasteiger partial charge is 0.222 e. The molecular formula is C26H31ClF2N2O4S. The second-order valence-corrected chi connectivity index (χ2v) is 11.9. The van der Waals surface area contributed by atoms with Crippen molar-refractivity contribution in [1.29, 1.82) is 0 Å². The second kappa shape index (κ2) is 11.3. The van der Waals surface area contributed by atoms with Crippen LogP contribution < -0.4 is 0 Å². The summed E-state index contributed by atoms with van der Waals surface area (Å²) >= 11 is 5.89. The van der Waals surface area contributed by atoms with Gasteiger partial charge >= 0.3 is 0 Å². The lowest BCUT2D eigenvalue weighted by atomic mass is 9.71. The van der Waals surface area contributed by atoms with Crippen molar-refractivity contribution in [3.05, 3.63) is 64.7 Å². The number of amides is 2. The second-order valence-electron chi connectivity index (χ2n) is 8.77. The van der Waals surface area contributed by atoms with Crippen LogP contribution in [-0.4, -0.2) is 69.6 Å². The Morgan fingerprint density at radius 2 is 1.75 bits per heavy atom. The number of hydrogen-bond acceptors (Lipinski definition) is 4. The molecule has 2 amide bonds. The molecule has 2 aliphatic heterocycles. The van der Waals surface area contributed by atoms with E-state index in [2.05, 4.69) is 0 Å². The molecule has 0 bridgehead atoms. The summed E-state index contributed by atoms with van der Waals surface area (Å²) in [5.74, 6) is -0.791.